The highest BCUT2D eigenvalue weighted by Crippen LogP contribution is 2.30. The van der Waals surface area contributed by atoms with Gasteiger partial charge in [0, 0.05) is 24.4 Å². The van der Waals surface area contributed by atoms with E-state index in [2.05, 4.69) is 5.32 Å². The van der Waals surface area contributed by atoms with E-state index < -0.39 is 23.9 Å². The summed E-state index contributed by atoms with van der Waals surface area (Å²) in [6.45, 7) is 5.07. The van der Waals surface area contributed by atoms with Gasteiger partial charge in [-0.15, -0.1) is 0 Å². The van der Waals surface area contributed by atoms with Crippen LogP contribution in [0, 0.1) is 12.8 Å². The van der Waals surface area contributed by atoms with E-state index in [0.29, 0.717) is 11.3 Å². The van der Waals surface area contributed by atoms with E-state index in [4.69, 9.17) is 14.2 Å². The van der Waals surface area contributed by atoms with Gasteiger partial charge in [-0.2, -0.15) is 0 Å². The molecule has 34 heavy (non-hydrogen) atoms. The number of methoxy groups -OCH3 is 1. The molecule has 0 spiro atoms. The smallest absolute Gasteiger partial charge is 0.408 e. The Kier molecular flexibility index (Phi) is 7.55. The number of hydrogen-bond acceptors (Lipinski definition) is 7. The number of benzene rings is 1. The number of rotatable bonds is 8. The molecule has 9 heteroatoms. The predicted octanol–water partition coefficient (Wildman–Crippen LogP) is 3.24. The number of ether oxygens (including phenoxy) is 3. The third kappa shape index (κ3) is 5.03. The first-order valence-corrected chi connectivity index (χ1v) is 10.8. The quantitative estimate of drug-likeness (QED) is 0.592. The SMILES string of the molecule is COC1=CC(=O)c2c(c(COC(=O)C(NC(=O)OCc3ccccc3)C(C)C)c(C)n2C)C1=O. The summed E-state index contributed by atoms with van der Waals surface area (Å²) < 4.78 is 17.3. The van der Waals surface area contributed by atoms with E-state index in [1.54, 1.807) is 32.4 Å². The van der Waals surface area contributed by atoms with Gasteiger partial charge in [-0.1, -0.05) is 44.2 Å². The molecule has 1 heterocycles. The number of allylic oxidation sites excluding steroid dienone is 2. The molecule has 0 saturated heterocycles. The average Bonchev–Trinajstić information content (AvgIpc) is 3.08. The lowest BCUT2D eigenvalue weighted by molar-refractivity contribution is -0.148. The summed E-state index contributed by atoms with van der Waals surface area (Å²) in [5.74, 6) is -1.85. The normalized spacial score (nSPS) is 13.8. The Hall–Kier alpha value is -3.88. The van der Waals surface area contributed by atoms with E-state index in [9.17, 15) is 19.2 Å². The van der Waals surface area contributed by atoms with Crippen molar-refractivity contribution in [3.63, 3.8) is 0 Å². The van der Waals surface area contributed by atoms with E-state index in [0.717, 1.165) is 11.6 Å². The van der Waals surface area contributed by atoms with Crippen LogP contribution in [0.2, 0.25) is 0 Å². The second kappa shape index (κ2) is 10.4. The number of nitrogens with zero attached hydrogens (tertiary/aromatic N) is 1. The molecule has 9 nitrogen and oxygen atoms in total. The summed E-state index contributed by atoms with van der Waals surface area (Å²) >= 11 is 0. The van der Waals surface area contributed by atoms with Gasteiger partial charge in [0.25, 0.3) is 0 Å². The summed E-state index contributed by atoms with van der Waals surface area (Å²) in [4.78, 5) is 50.4. The number of carbonyl (C=O) groups is 4. The Morgan fingerprint density at radius 3 is 2.35 bits per heavy atom. The zero-order valence-corrected chi connectivity index (χ0v) is 19.8. The van der Waals surface area contributed by atoms with Crippen LogP contribution in [-0.2, 0) is 39.3 Å². The maximum Gasteiger partial charge on any atom is 0.408 e. The van der Waals surface area contributed by atoms with Crippen molar-refractivity contribution in [2.24, 2.45) is 13.0 Å². The predicted molar refractivity (Wildman–Crippen MR) is 122 cm³/mol. The number of ketones is 2. The molecular formula is C25H28N2O7. The summed E-state index contributed by atoms with van der Waals surface area (Å²) in [5.41, 5.74) is 2.22. The Morgan fingerprint density at radius 1 is 1.06 bits per heavy atom. The van der Waals surface area contributed by atoms with Gasteiger partial charge in [-0.05, 0) is 18.4 Å². The molecule has 0 fully saturated rings. The van der Waals surface area contributed by atoms with E-state index in [1.807, 2.05) is 30.3 Å². The van der Waals surface area contributed by atoms with E-state index in [-0.39, 0.29) is 41.9 Å². The highest BCUT2D eigenvalue weighted by Gasteiger charge is 2.35. The molecule has 1 unspecified atom stereocenters. The van der Waals surface area contributed by atoms with Crippen LogP contribution in [0.15, 0.2) is 42.2 Å². The van der Waals surface area contributed by atoms with Crippen molar-refractivity contribution >= 4 is 23.6 Å². The first kappa shape index (κ1) is 24.8. The minimum atomic E-state index is -0.963. The van der Waals surface area contributed by atoms with Crippen LogP contribution in [-0.4, -0.2) is 41.3 Å². The molecule has 1 aliphatic carbocycles. The first-order chi connectivity index (χ1) is 16.1. The number of alkyl carbamates (subject to hydrolysis) is 1. The molecule has 0 aliphatic heterocycles. The van der Waals surface area contributed by atoms with Gasteiger partial charge in [0.1, 0.15) is 24.9 Å². The minimum Gasteiger partial charge on any atom is -0.492 e. The molecule has 1 amide bonds. The molecule has 0 radical (unpaired) electrons. The molecule has 3 rings (SSSR count). The van der Waals surface area contributed by atoms with Gasteiger partial charge >= 0.3 is 12.1 Å². The Morgan fingerprint density at radius 2 is 1.74 bits per heavy atom. The monoisotopic (exact) mass is 468 g/mol. The zero-order chi connectivity index (χ0) is 25.0. The lowest BCUT2D eigenvalue weighted by Crippen LogP contribution is -2.45. The van der Waals surface area contributed by atoms with Crippen molar-refractivity contribution in [3.05, 3.63) is 70.2 Å². The van der Waals surface area contributed by atoms with Crippen molar-refractivity contribution in [1.82, 2.24) is 9.88 Å². The van der Waals surface area contributed by atoms with Crippen LogP contribution in [0.1, 0.15) is 51.5 Å². The van der Waals surface area contributed by atoms with Gasteiger partial charge in [0.2, 0.25) is 11.6 Å². The van der Waals surface area contributed by atoms with Crippen LogP contribution >= 0.6 is 0 Å². The van der Waals surface area contributed by atoms with Crippen molar-refractivity contribution < 1.29 is 33.4 Å². The highest BCUT2D eigenvalue weighted by atomic mass is 16.6. The average molecular weight is 469 g/mol. The largest absolute Gasteiger partial charge is 0.492 e. The summed E-state index contributed by atoms with van der Waals surface area (Å²) in [5, 5.41) is 2.55. The van der Waals surface area contributed by atoms with Gasteiger partial charge in [-0.25, -0.2) is 9.59 Å². The van der Waals surface area contributed by atoms with Crippen LogP contribution in [0.3, 0.4) is 0 Å². The number of Topliss-reactive ketones (excluding diaryl/α,β-unsaturated/α-hetero) is 1. The summed E-state index contributed by atoms with van der Waals surface area (Å²) in [7, 11) is 2.98. The zero-order valence-electron chi connectivity index (χ0n) is 19.8. The Balaban J connectivity index is 1.70. The van der Waals surface area contributed by atoms with Crippen molar-refractivity contribution in [3.8, 4) is 0 Å². The molecule has 1 atom stereocenters. The number of hydrogen-bond donors (Lipinski definition) is 1. The van der Waals surface area contributed by atoms with Crippen LogP contribution in [0.5, 0.6) is 0 Å². The molecular weight excluding hydrogens is 440 g/mol. The van der Waals surface area contributed by atoms with Crippen LogP contribution in [0.4, 0.5) is 4.79 Å². The number of aromatic nitrogens is 1. The maximum absolute atomic E-state index is 12.8. The molecule has 1 N–H and O–H groups in total. The standard InChI is InChI=1S/C25H28N2O7/c1-14(2)21(26-25(31)34-12-16-9-7-6-8-10-16)24(30)33-13-17-15(3)27(4)22-18(28)11-19(32-5)23(29)20(17)22/h6-11,14,21H,12-13H2,1-5H3,(H,26,31). The van der Waals surface area contributed by atoms with Gasteiger partial charge in [0.05, 0.1) is 12.7 Å². The molecule has 0 saturated carbocycles. The number of fused-ring (bicyclic) bond motifs is 1. The van der Waals surface area contributed by atoms with Crippen molar-refractivity contribution in [1.29, 1.82) is 0 Å². The number of carbonyl (C=O) groups excluding carboxylic acids is 4. The van der Waals surface area contributed by atoms with E-state index in [1.165, 1.54) is 7.11 Å². The maximum atomic E-state index is 12.8. The van der Waals surface area contributed by atoms with Gasteiger partial charge in [-0.3, -0.25) is 9.59 Å². The molecule has 180 valence electrons. The Bertz CT molecular complexity index is 1150. The molecule has 2 aromatic rings. The fourth-order valence-corrected chi connectivity index (χ4v) is 3.72. The molecule has 1 aromatic heterocycles. The molecule has 0 bridgehead atoms. The second-order valence-corrected chi connectivity index (χ2v) is 8.29. The summed E-state index contributed by atoms with van der Waals surface area (Å²) in [6.07, 6.45) is 0.406. The third-order valence-electron chi connectivity index (χ3n) is 5.75. The number of amides is 1. The fraction of sp³-hybridized carbons (Fsp3) is 0.360. The topological polar surface area (TPSA) is 113 Å². The van der Waals surface area contributed by atoms with Crippen molar-refractivity contribution in [2.75, 3.05) is 7.11 Å². The lowest BCUT2D eigenvalue weighted by Gasteiger charge is -2.21. The third-order valence-corrected chi connectivity index (χ3v) is 5.75. The first-order valence-electron chi connectivity index (χ1n) is 10.8. The van der Waals surface area contributed by atoms with Crippen molar-refractivity contribution in [2.45, 2.75) is 40.0 Å². The second-order valence-electron chi connectivity index (χ2n) is 8.29. The van der Waals surface area contributed by atoms with Crippen LogP contribution in [0.25, 0.3) is 0 Å². The fourth-order valence-electron chi connectivity index (χ4n) is 3.72. The lowest BCUT2D eigenvalue weighted by atomic mass is 9.96. The molecule has 1 aromatic carbocycles. The van der Waals surface area contributed by atoms with Gasteiger partial charge < -0.3 is 24.1 Å². The molecule has 1 aliphatic rings. The summed E-state index contributed by atoms with van der Waals surface area (Å²) in [6, 6.07) is 8.20. The van der Waals surface area contributed by atoms with Crippen LogP contribution < -0.4 is 5.32 Å². The number of esters is 1. The number of nitrogens with one attached hydrogen (secondary N) is 1. The Labute approximate surface area is 197 Å². The van der Waals surface area contributed by atoms with Gasteiger partial charge in [0.15, 0.2) is 5.76 Å². The van der Waals surface area contributed by atoms with E-state index >= 15 is 0 Å². The minimum absolute atomic E-state index is 0.0629. The highest BCUT2D eigenvalue weighted by molar-refractivity contribution is 6.24.